The lowest BCUT2D eigenvalue weighted by molar-refractivity contribution is -0.0499. The first-order valence-electron chi connectivity index (χ1n) is 7.07. The highest BCUT2D eigenvalue weighted by Gasteiger charge is 2.43. The summed E-state index contributed by atoms with van der Waals surface area (Å²) in [5.74, 6) is 0.283. The highest BCUT2D eigenvalue weighted by molar-refractivity contribution is 5.94. The van der Waals surface area contributed by atoms with E-state index in [2.05, 4.69) is 4.74 Å². The summed E-state index contributed by atoms with van der Waals surface area (Å²) in [5.41, 5.74) is 0.336. The van der Waals surface area contributed by atoms with Crippen molar-refractivity contribution < 1.29 is 23.4 Å². The number of fused-ring (bicyclic) bond motifs is 1. The van der Waals surface area contributed by atoms with Gasteiger partial charge in [0.1, 0.15) is 5.75 Å². The van der Waals surface area contributed by atoms with E-state index in [1.165, 1.54) is 18.2 Å². The highest BCUT2D eigenvalue weighted by atomic mass is 19.3. The summed E-state index contributed by atoms with van der Waals surface area (Å²) >= 11 is 0. The first-order chi connectivity index (χ1) is 10.0. The van der Waals surface area contributed by atoms with Crippen molar-refractivity contribution in [3.8, 4) is 5.75 Å². The fourth-order valence-electron chi connectivity index (χ4n) is 3.39. The van der Waals surface area contributed by atoms with Crippen molar-refractivity contribution in [1.82, 2.24) is 4.90 Å². The second kappa shape index (κ2) is 5.60. The monoisotopic (exact) mass is 297 g/mol. The van der Waals surface area contributed by atoms with Crippen LogP contribution in [-0.2, 0) is 0 Å². The number of alkyl halides is 2. The molecule has 2 aliphatic rings. The quantitative estimate of drug-likeness (QED) is 0.930. The van der Waals surface area contributed by atoms with Gasteiger partial charge in [0.25, 0.3) is 5.91 Å². The van der Waals surface area contributed by atoms with Gasteiger partial charge < -0.3 is 14.7 Å². The molecule has 6 heteroatoms. The van der Waals surface area contributed by atoms with Crippen molar-refractivity contribution in [2.75, 3.05) is 13.1 Å². The van der Waals surface area contributed by atoms with Crippen LogP contribution in [-0.4, -0.2) is 41.7 Å². The minimum absolute atomic E-state index is 0.0183. The van der Waals surface area contributed by atoms with Crippen LogP contribution in [0.3, 0.4) is 0 Å². The summed E-state index contributed by atoms with van der Waals surface area (Å²) in [6, 6.07) is 5.84. The second-order valence-corrected chi connectivity index (χ2v) is 5.69. The van der Waals surface area contributed by atoms with Gasteiger partial charge in [-0.15, -0.1) is 0 Å². The Balaban J connectivity index is 1.71. The third kappa shape index (κ3) is 2.85. The maximum Gasteiger partial charge on any atom is 0.387 e. The molecule has 3 unspecified atom stereocenters. The molecular weight excluding hydrogens is 280 g/mol. The summed E-state index contributed by atoms with van der Waals surface area (Å²) in [4.78, 5) is 14.1. The summed E-state index contributed by atoms with van der Waals surface area (Å²) in [5, 5.41) is 9.87. The number of ether oxygens (including phenoxy) is 1. The Kier molecular flexibility index (Phi) is 3.80. The molecule has 114 valence electrons. The minimum Gasteiger partial charge on any atom is -0.435 e. The molecule has 1 aliphatic heterocycles. The summed E-state index contributed by atoms with van der Waals surface area (Å²) < 4.78 is 28.7. The van der Waals surface area contributed by atoms with Gasteiger partial charge in [0.2, 0.25) is 0 Å². The predicted octanol–water partition coefficient (Wildman–Crippen LogP) is 2.13. The molecule has 1 aromatic rings. The van der Waals surface area contributed by atoms with Gasteiger partial charge in [-0.1, -0.05) is 6.07 Å². The molecular formula is C15H17F2NO3. The molecule has 1 aliphatic carbocycles. The third-order valence-electron chi connectivity index (χ3n) is 4.41. The van der Waals surface area contributed by atoms with E-state index >= 15 is 0 Å². The van der Waals surface area contributed by atoms with E-state index in [9.17, 15) is 18.7 Å². The van der Waals surface area contributed by atoms with Crippen LogP contribution in [0.15, 0.2) is 24.3 Å². The van der Waals surface area contributed by atoms with E-state index in [1.54, 1.807) is 11.0 Å². The summed E-state index contributed by atoms with van der Waals surface area (Å²) in [6.45, 7) is -1.75. The zero-order chi connectivity index (χ0) is 15.0. The average Bonchev–Trinajstić information content (AvgIpc) is 3.00. The maximum absolute atomic E-state index is 12.4. The van der Waals surface area contributed by atoms with Crippen molar-refractivity contribution in [3.05, 3.63) is 29.8 Å². The van der Waals surface area contributed by atoms with Gasteiger partial charge in [-0.25, -0.2) is 0 Å². The van der Waals surface area contributed by atoms with Crippen LogP contribution in [0.25, 0.3) is 0 Å². The number of carbonyl (C=O) groups is 1. The zero-order valence-electron chi connectivity index (χ0n) is 11.4. The lowest BCUT2D eigenvalue weighted by atomic mass is 10.00. The number of benzene rings is 1. The number of rotatable bonds is 3. The molecule has 0 aromatic heterocycles. The van der Waals surface area contributed by atoms with Gasteiger partial charge in [-0.3, -0.25) is 4.79 Å². The van der Waals surface area contributed by atoms with Gasteiger partial charge in [-0.05, 0) is 37.0 Å². The Morgan fingerprint density at radius 2 is 2.14 bits per heavy atom. The van der Waals surface area contributed by atoms with E-state index in [0.29, 0.717) is 24.6 Å². The zero-order valence-corrected chi connectivity index (χ0v) is 11.4. The standard InChI is InChI=1S/C15H17F2NO3/c16-15(17)21-11-3-1-2-9(6-11)14(20)18-7-10-4-5-13(19)12(10)8-18/h1-3,6,10,12-13,15,19H,4-5,7-8H2. The lowest BCUT2D eigenvalue weighted by Gasteiger charge is -2.18. The van der Waals surface area contributed by atoms with Crippen molar-refractivity contribution in [3.63, 3.8) is 0 Å². The first-order valence-corrected chi connectivity index (χ1v) is 7.07. The number of nitrogens with zero attached hydrogens (tertiary/aromatic N) is 1. The van der Waals surface area contributed by atoms with Crippen LogP contribution in [0.5, 0.6) is 5.75 Å². The smallest absolute Gasteiger partial charge is 0.387 e. The second-order valence-electron chi connectivity index (χ2n) is 5.69. The van der Waals surface area contributed by atoms with Gasteiger partial charge in [-0.2, -0.15) is 8.78 Å². The fourth-order valence-corrected chi connectivity index (χ4v) is 3.39. The molecule has 0 radical (unpaired) electrons. The molecule has 3 rings (SSSR count). The van der Waals surface area contributed by atoms with Gasteiger partial charge in [0, 0.05) is 24.6 Å². The van der Waals surface area contributed by atoms with Gasteiger partial charge in [0.05, 0.1) is 6.10 Å². The van der Waals surface area contributed by atoms with Gasteiger partial charge >= 0.3 is 6.61 Å². The van der Waals surface area contributed by atoms with E-state index in [4.69, 9.17) is 0 Å². The number of aliphatic hydroxyl groups is 1. The third-order valence-corrected chi connectivity index (χ3v) is 4.41. The number of likely N-dealkylation sites (tertiary alicyclic amines) is 1. The van der Waals surface area contributed by atoms with E-state index in [-0.39, 0.29) is 23.7 Å². The maximum atomic E-state index is 12.4. The minimum atomic E-state index is -2.91. The molecule has 0 spiro atoms. The number of halogens is 2. The number of aliphatic hydroxyl groups excluding tert-OH is 1. The molecule has 1 saturated carbocycles. The molecule has 3 atom stereocenters. The molecule has 1 heterocycles. The number of carbonyl (C=O) groups excluding carboxylic acids is 1. The molecule has 1 aromatic carbocycles. The molecule has 0 bridgehead atoms. The van der Waals surface area contributed by atoms with Crippen molar-refractivity contribution in [1.29, 1.82) is 0 Å². The van der Waals surface area contributed by atoms with E-state index in [0.717, 1.165) is 12.8 Å². The molecule has 21 heavy (non-hydrogen) atoms. The number of amides is 1. The molecule has 1 amide bonds. The first kappa shape index (κ1) is 14.3. The number of hydrogen-bond donors (Lipinski definition) is 1. The summed E-state index contributed by atoms with van der Waals surface area (Å²) in [7, 11) is 0. The molecule has 1 saturated heterocycles. The Bertz CT molecular complexity index is 537. The SMILES string of the molecule is O=C(c1cccc(OC(F)F)c1)N1CC2CCC(O)C2C1. The average molecular weight is 297 g/mol. The largest absolute Gasteiger partial charge is 0.435 e. The van der Waals surface area contributed by atoms with Crippen molar-refractivity contribution >= 4 is 5.91 Å². The normalized spacial score (nSPS) is 28.0. The van der Waals surface area contributed by atoms with Crippen LogP contribution >= 0.6 is 0 Å². The highest BCUT2D eigenvalue weighted by Crippen LogP contribution is 2.38. The van der Waals surface area contributed by atoms with Crippen LogP contribution in [0.2, 0.25) is 0 Å². The Labute approximate surface area is 121 Å². The molecule has 4 nitrogen and oxygen atoms in total. The van der Waals surface area contributed by atoms with Crippen LogP contribution in [0.4, 0.5) is 8.78 Å². The predicted molar refractivity (Wildman–Crippen MR) is 71.2 cm³/mol. The molecule has 1 N–H and O–H groups in total. The lowest BCUT2D eigenvalue weighted by Crippen LogP contribution is -2.31. The molecule has 2 fully saturated rings. The summed E-state index contributed by atoms with van der Waals surface area (Å²) in [6.07, 6.45) is 1.40. The van der Waals surface area contributed by atoms with Crippen LogP contribution in [0, 0.1) is 11.8 Å². The van der Waals surface area contributed by atoms with E-state index in [1.807, 2.05) is 0 Å². The van der Waals surface area contributed by atoms with Crippen LogP contribution < -0.4 is 4.74 Å². The van der Waals surface area contributed by atoms with Gasteiger partial charge in [0.15, 0.2) is 0 Å². The topological polar surface area (TPSA) is 49.8 Å². The number of hydrogen-bond acceptors (Lipinski definition) is 3. The van der Waals surface area contributed by atoms with E-state index < -0.39 is 6.61 Å². The van der Waals surface area contributed by atoms with Crippen molar-refractivity contribution in [2.45, 2.75) is 25.6 Å². The Morgan fingerprint density at radius 3 is 2.86 bits per heavy atom. The Morgan fingerprint density at radius 1 is 1.33 bits per heavy atom. The Hall–Kier alpha value is -1.69. The fraction of sp³-hybridized carbons (Fsp3) is 0.533. The van der Waals surface area contributed by atoms with Crippen LogP contribution in [0.1, 0.15) is 23.2 Å². The van der Waals surface area contributed by atoms with Crippen molar-refractivity contribution in [2.24, 2.45) is 11.8 Å².